The van der Waals surface area contributed by atoms with Gasteiger partial charge in [-0.2, -0.15) is 0 Å². The van der Waals surface area contributed by atoms with Gasteiger partial charge in [0.15, 0.2) is 0 Å². The predicted octanol–water partition coefficient (Wildman–Crippen LogP) is 2.51. The molecule has 0 aromatic heterocycles. The van der Waals surface area contributed by atoms with E-state index in [1.165, 1.54) is 0 Å². The van der Waals surface area contributed by atoms with Crippen LogP contribution in [0.15, 0.2) is 18.2 Å². The number of carbonyl (C=O) groups is 1. The first-order chi connectivity index (χ1) is 7.87. The zero-order valence-electron chi connectivity index (χ0n) is 9.93. The van der Waals surface area contributed by atoms with Gasteiger partial charge in [0.05, 0.1) is 6.42 Å². The van der Waals surface area contributed by atoms with E-state index in [1.54, 1.807) is 18.2 Å². The van der Waals surface area contributed by atoms with E-state index >= 15 is 0 Å². The number of phenolic OH excluding ortho intramolecular Hbond substituents is 1. The van der Waals surface area contributed by atoms with Gasteiger partial charge in [-0.3, -0.25) is 4.79 Å². The number of fused-ring (bicyclic) bond motifs is 1. The van der Waals surface area contributed by atoms with Crippen LogP contribution in [0.5, 0.6) is 11.5 Å². The molecule has 4 nitrogen and oxygen atoms in total. The summed E-state index contributed by atoms with van der Waals surface area (Å²) in [5, 5.41) is 18.4. The third kappa shape index (κ3) is 2.52. The van der Waals surface area contributed by atoms with Gasteiger partial charge in [0.25, 0.3) is 0 Å². The molecule has 1 aliphatic rings. The second-order valence-electron chi connectivity index (χ2n) is 5.08. The zero-order valence-corrected chi connectivity index (χ0v) is 9.93. The van der Waals surface area contributed by atoms with Crippen LogP contribution in [0.4, 0.5) is 0 Å². The number of carboxylic acids is 1. The average molecular weight is 236 g/mol. The van der Waals surface area contributed by atoms with Crippen LogP contribution in [-0.4, -0.2) is 21.8 Å². The Morgan fingerprint density at radius 1 is 1.53 bits per heavy atom. The summed E-state index contributed by atoms with van der Waals surface area (Å²) in [4.78, 5) is 10.9. The lowest BCUT2D eigenvalue weighted by Crippen LogP contribution is -2.35. The summed E-state index contributed by atoms with van der Waals surface area (Å²) in [6.45, 7) is 3.88. The fourth-order valence-corrected chi connectivity index (χ4v) is 2.38. The molecule has 1 atom stereocenters. The highest BCUT2D eigenvalue weighted by atomic mass is 16.5. The predicted molar refractivity (Wildman–Crippen MR) is 62.4 cm³/mol. The normalized spacial score (nSPS) is 21.4. The number of phenols is 1. The minimum absolute atomic E-state index is 0.0588. The van der Waals surface area contributed by atoms with Crippen molar-refractivity contribution < 1.29 is 19.7 Å². The molecule has 0 saturated heterocycles. The average Bonchev–Trinajstić information content (AvgIpc) is 2.17. The molecule has 1 aromatic rings. The van der Waals surface area contributed by atoms with E-state index in [1.807, 2.05) is 13.8 Å². The minimum atomic E-state index is -0.831. The second-order valence-corrected chi connectivity index (χ2v) is 5.08. The summed E-state index contributed by atoms with van der Waals surface area (Å²) in [5.74, 6) is -0.131. The highest BCUT2D eigenvalue weighted by Crippen LogP contribution is 2.43. The van der Waals surface area contributed by atoms with Gasteiger partial charge in [-0.25, -0.2) is 0 Å². The van der Waals surface area contributed by atoms with Gasteiger partial charge in [-0.1, -0.05) is 0 Å². The van der Waals surface area contributed by atoms with Crippen LogP contribution in [0.3, 0.4) is 0 Å². The highest BCUT2D eigenvalue weighted by Gasteiger charge is 2.34. The Bertz CT molecular complexity index is 451. The quantitative estimate of drug-likeness (QED) is 0.828. The van der Waals surface area contributed by atoms with Crippen molar-refractivity contribution in [3.8, 4) is 11.5 Å². The second kappa shape index (κ2) is 3.95. The Morgan fingerprint density at radius 3 is 2.88 bits per heavy atom. The first kappa shape index (κ1) is 11.8. The van der Waals surface area contributed by atoms with E-state index in [9.17, 15) is 9.90 Å². The van der Waals surface area contributed by atoms with E-state index in [0.717, 1.165) is 5.56 Å². The van der Waals surface area contributed by atoms with Crippen molar-refractivity contribution in [1.29, 1.82) is 0 Å². The number of hydrogen-bond donors (Lipinski definition) is 2. The maximum absolute atomic E-state index is 10.9. The van der Waals surface area contributed by atoms with Crippen LogP contribution in [-0.2, 0) is 4.79 Å². The Balaban J connectivity index is 2.40. The summed E-state index contributed by atoms with van der Waals surface area (Å²) in [5.41, 5.74) is 0.413. The molecular formula is C13H16O4. The molecule has 1 aromatic carbocycles. The largest absolute Gasteiger partial charge is 0.508 e. The monoisotopic (exact) mass is 236 g/mol. The van der Waals surface area contributed by atoms with Crippen LogP contribution < -0.4 is 4.74 Å². The molecule has 17 heavy (non-hydrogen) atoms. The SMILES string of the molecule is CC1(C)CC(CC(=O)O)c2cc(O)ccc2O1. The van der Waals surface area contributed by atoms with Gasteiger partial charge >= 0.3 is 5.97 Å². The van der Waals surface area contributed by atoms with E-state index in [2.05, 4.69) is 0 Å². The van der Waals surface area contributed by atoms with Gasteiger partial charge in [-0.15, -0.1) is 0 Å². The number of aliphatic carboxylic acids is 1. The molecule has 0 fully saturated rings. The van der Waals surface area contributed by atoms with Crippen LogP contribution in [0, 0.1) is 0 Å². The maximum atomic E-state index is 10.9. The van der Waals surface area contributed by atoms with Crippen LogP contribution in [0.25, 0.3) is 0 Å². The molecule has 2 N–H and O–H groups in total. The Labute approximate surface area is 99.8 Å². The smallest absolute Gasteiger partial charge is 0.303 e. The standard InChI is InChI=1S/C13H16O4/c1-13(2)7-8(5-12(15)16)10-6-9(14)3-4-11(10)17-13/h3-4,6,8,14H,5,7H2,1-2H3,(H,15,16). The fraction of sp³-hybridized carbons (Fsp3) is 0.462. The molecular weight excluding hydrogens is 220 g/mol. The summed E-state index contributed by atoms with van der Waals surface area (Å²) < 4.78 is 5.78. The molecule has 0 saturated carbocycles. The molecule has 0 amide bonds. The lowest BCUT2D eigenvalue weighted by Gasteiger charge is -2.37. The van der Waals surface area contributed by atoms with Crippen molar-refractivity contribution >= 4 is 5.97 Å². The summed E-state index contributed by atoms with van der Waals surface area (Å²) in [6.07, 6.45) is 0.693. The van der Waals surface area contributed by atoms with Gasteiger partial charge in [0.1, 0.15) is 17.1 Å². The molecule has 1 unspecified atom stereocenters. The van der Waals surface area contributed by atoms with Crippen molar-refractivity contribution in [1.82, 2.24) is 0 Å². The number of aromatic hydroxyl groups is 1. The van der Waals surface area contributed by atoms with Crippen LogP contribution in [0.2, 0.25) is 0 Å². The topological polar surface area (TPSA) is 66.8 Å². The Morgan fingerprint density at radius 2 is 2.24 bits per heavy atom. The molecule has 1 heterocycles. The third-order valence-corrected chi connectivity index (χ3v) is 2.98. The lowest BCUT2D eigenvalue weighted by atomic mass is 9.82. The Hall–Kier alpha value is -1.71. The molecule has 4 heteroatoms. The fourth-order valence-electron chi connectivity index (χ4n) is 2.38. The molecule has 92 valence electrons. The molecule has 2 rings (SSSR count). The summed E-state index contributed by atoms with van der Waals surface area (Å²) in [7, 11) is 0. The van der Waals surface area contributed by atoms with Gasteiger partial charge in [0, 0.05) is 11.5 Å². The van der Waals surface area contributed by atoms with E-state index in [4.69, 9.17) is 9.84 Å². The van der Waals surface area contributed by atoms with E-state index in [-0.39, 0.29) is 23.7 Å². The maximum Gasteiger partial charge on any atom is 0.303 e. The molecule has 0 aliphatic carbocycles. The van der Waals surface area contributed by atoms with Crippen molar-refractivity contribution in [2.24, 2.45) is 0 Å². The molecule has 0 spiro atoms. The number of rotatable bonds is 2. The van der Waals surface area contributed by atoms with Crippen molar-refractivity contribution in [3.63, 3.8) is 0 Å². The number of hydrogen-bond acceptors (Lipinski definition) is 3. The van der Waals surface area contributed by atoms with Crippen molar-refractivity contribution in [3.05, 3.63) is 23.8 Å². The van der Waals surface area contributed by atoms with Crippen molar-refractivity contribution in [2.45, 2.75) is 38.2 Å². The minimum Gasteiger partial charge on any atom is -0.508 e. The van der Waals surface area contributed by atoms with Gasteiger partial charge in [0.2, 0.25) is 0 Å². The lowest BCUT2D eigenvalue weighted by molar-refractivity contribution is -0.137. The Kier molecular flexibility index (Phi) is 2.73. The molecule has 0 bridgehead atoms. The first-order valence-corrected chi connectivity index (χ1v) is 5.61. The summed E-state index contributed by atoms with van der Waals surface area (Å²) in [6, 6.07) is 4.84. The molecule has 1 aliphatic heterocycles. The van der Waals surface area contributed by atoms with E-state index < -0.39 is 5.97 Å². The van der Waals surface area contributed by atoms with Gasteiger partial charge in [-0.05, 0) is 38.5 Å². The van der Waals surface area contributed by atoms with Crippen LogP contribution >= 0.6 is 0 Å². The number of carboxylic acid groups (broad SMARTS) is 1. The van der Waals surface area contributed by atoms with Crippen LogP contribution in [0.1, 0.15) is 38.2 Å². The van der Waals surface area contributed by atoms with E-state index in [0.29, 0.717) is 12.2 Å². The zero-order chi connectivity index (χ0) is 12.6. The van der Waals surface area contributed by atoms with Gasteiger partial charge < -0.3 is 14.9 Å². The molecule has 0 radical (unpaired) electrons. The third-order valence-electron chi connectivity index (χ3n) is 2.98. The number of ether oxygens (including phenoxy) is 1. The highest BCUT2D eigenvalue weighted by molar-refractivity contribution is 5.68. The van der Waals surface area contributed by atoms with Crippen molar-refractivity contribution in [2.75, 3.05) is 0 Å². The first-order valence-electron chi connectivity index (χ1n) is 5.61. The number of benzene rings is 1. The summed E-state index contributed by atoms with van der Waals surface area (Å²) >= 11 is 0.